The summed E-state index contributed by atoms with van der Waals surface area (Å²) in [4.78, 5) is 8.77. The lowest BCUT2D eigenvalue weighted by Gasteiger charge is -2.30. The molecule has 0 spiro atoms. The number of ether oxygens (including phenoxy) is 1. The minimum absolute atomic E-state index is 0.00530. The predicted molar refractivity (Wildman–Crippen MR) is 77.3 cm³/mol. The first kappa shape index (κ1) is 14.0. The number of nitrogens with one attached hydrogen (secondary N) is 1. The molecule has 1 aliphatic rings. The first-order chi connectivity index (χ1) is 10.2. The summed E-state index contributed by atoms with van der Waals surface area (Å²) in [6.45, 7) is 4.19. The van der Waals surface area contributed by atoms with Crippen molar-refractivity contribution in [3.8, 4) is 5.88 Å². The van der Waals surface area contributed by atoms with Gasteiger partial charge in [0.25, 0.3) is 0 Å². The standard InChI is InChI=1S/C15H20N4O2/c1-15(5-7-16-8-6-15)14-18-12(19-21-14)9-11-3-4-13(20-2)17-10-11/h3-4,10,16H,5-9H2,1-2H3. The van der Waals surface area contributed by atoms with Crippen LogP contribution in [0.25, 0.3) is 0 Å². The third-order valence-corrected chi connectivity index (χ3v) is 4.06. The monoisotopic (exact) mass is 288 g/mol. The Morgan fingerprint density at radius 3 is 2.81 bits per heavy atom. The van der Waals surface area contributed by atoms with Crippen molar-refractivity contribution >= 4 is 0 Å². The lowest BCUT2D eigenvalue weighted by atomic mass is 9.81. The minimum atomic E-state index is -0.00530. The second-order valence-corrected chi connectivity index (χ2v) is 5.71. The van der Waals surface area contributed by atoms with Gasteiger partial charge in [-0.25, -0.2) is 4.98 Å². The van der Waals surface area contributed by atoms with Crippen LogP contribution in [0.3, 0.4) is 0 Å². The number of nitrogens with zero attached hydrogens (tertiary/aromatic N) is 3. The topological polar surface area (TPSA) is 73.1 Å². The number of methoxy groups -OCH3 is 1. The number of hydrogen-bond donors (Lipinski definition) is 1. The molecule has 6 heteroatoms. The molecular formula is C15H20N4O2. The Kier molecular flexibility index (Phi) is 3.88. The predicted octanol–water partition coefficient (Wildman–Crippen LogP) is 1.71. The summed E-state index contributed by atoms with van der Waals surface area (Å²) in [5.74, 6) is 2.06. The van der Waals surface area contributed by atoms with E-state index >= 15 is 0 Å². The van der Waals surface area contributed by atoms with Crippen LogP contribution < -0.4 is 10.1 Å². The molecule has 1 saturated heterocycles. The van der Waals surface area contributed by atoms with Crippen LogP contribution in [0.5, 0.6) is 5.88 Å². The van der Waals surface area contributed by atoms with Gasteiger partial charge < -0.3 is 14.6 Å². The average molecular weight is 288 g/mol. The van der Waals surface area contributed by atoms with Crippen LogP contribution in [0.15, 0.2) is 22.9 Å². The Morgan fingerprint density at radius 1 is 1.33 bits per heavy atom. The van der Waals surface area contributed by atoms with Crippen molar-refractivity contribution in [2.75, 3.05) is 20.2 Å². The van der Waals surface area contributed by atoms with E-state index in [4.69, 9.17) is 9.26 Å². The van der Waals surface area contributed by atoms with E-state index in [1.54, 1.807) is 13.3 Å². The molecule has 0 radical (unpaired) electrons. The summed E-state index contributed by atoms with van der Waals surface area (Å²) < 4.78 is 10.5. The fourth-order valence-corrected chi connectivity index (χ4v) is 2.58. The Labute approximate surface area is 123 Å². The van der Waals surface area contributed by atoms with Gasteiger partial charge in [0.2, 0.25) is 11.8 Å². The molecule has 0 unspecified atom stereocenters. The summed E-state index contributed by atoms with van der Waals surface area (Å²) in [6, 6.07) is 3.80. The first-order valence-corrected chi connectivity index (χ1v) is 7.22. The van der Waals surface area contributed by atoms with Gasteiger partial charge in [0.1, 0.15) is 0 Å². The number of aromatic nitrogens is 3. The largest absolute Gasteiger partial charge is 0.481 e. The molecule has 21 heavy (non-hydrogen) atoms. The fraction of sp³-hybridized carbons (Fsp3) is 0.533. The van der Waals surface area contributed by atoms with Gasteiger partial charge in [-0.2, -0.15) is 4.98 Å². The molecule has 1 N–H and O–H groups in total. The van der Waals surface area contributed by atoms with E-state index in [1.807, 2.05) is 12.1 Å². The van der Waals surface area contributed by atoms with Crippen molar-refractivity contribution in [3.05, 3.63) is 35.6 Å². The minimum Gasteiger partial charge on any atom is -0.481 e. The van der Waals surface area contributed by atoms with E-state index in [0.29, 0.717) is 18.1 Å². The second-order valence-electron chi connectivity index (χ2n) is 5.71. The van der Waals surface area contributed by atoms with Crippen molar-refractivity contribution in [1.29, 1.82) is 0 Å². The van der Waals surface area contributed by atoms with Crippen LogP contribution in [0.4, 0.5) is 0 Å². The van der Waals surface area contributed by atoms with Crippen molar-refractivity contribution in [3.63, 3.8) is 0 Å². The van der Waals surface area contributed by atoms with Gasteiger partial charge >= 0.3 is 0 Å². The highest BCUT2D eigenvalue weighted by molar-refractivity contribution is 5.20. The molecule has 0 bridgehead atoms. The van der Waals surface area contributed by atoms with Crippen molar-refractivity contribution in [1.82, 2.24) is 20.4 Å². The molecular weight excluding hydrogens is 268 g/mol. The van der Waals surface area contributed by atoms with Gasteiger partial charge in [-0.3, -0.25) is 0 Å². The lowest BCUT2D eigenvalue weighted by Crippen LogP contribution is -2.37. The highest BCUT2D eigenvalue weighted by Gasteiger charge is 2.34. The van der Waals surface area contributed by atoms with E-state index < -0.39 is 0 Å². The zero-order valence-electron chi connectivity index (χ0n) is 12.4. The summed E-state index contributed by atoms with van der Waals surface area (Å²) >= 11 is 0. The van der Waals surface area contributed by atoms with Crippen LogP contribution in [-0.2, 0) is 11.8 Å². The lowest BCUT2D eigenvalue weighted by molar-refractivity contribution is 0.240. The van der Waals surface area contributed by atoms with Crippen LogP contribution in [0, 0.1) is 0 Å². The molecule has 0 amide bonds. The first-order valence-electron chi connectivity index (χ1n) is 7.22. The molecule has 0 aromatic carbocycles. The number of hydrogen-bond acceptors (Lipinski definition) is 6. The molecule has 0 atom stereocenters. The van der Waals surface area contributed by atoms with Crippen LogP contribution in [-0.4, -0.2) is 35.3 Å². The Morgan fingerprint density at radius 2 is 2.14 bits per heavy atom. The van der Waals surface area contributed by atoms with Gasteiger partial charge in [0.15, 0.2) is 5.82 Å². The van der Waals surface area contributed by atoms with Crippen molar-refractivity contribution in [2.45, 2.75) is 31.6 Å². The van der Waals surface area contributed by atoms with Crippen LogP contribution in [0.2, 0.25) is 0 Å². The molecule has 3 rings (SSSR count). The molecule has 0 aliphatic carbocycles. The zero-order chi connectivity index (χ0) is 14.7. The maximum absolute atomic E-state index is 5.49. The smallest absolute Gasteiger partial charge is 0.232 e. The molecule has 0 saturated carbocycles. The molecule has 3 heterocycles. The van der Waals surface area contributed by atoms with E-state index in [2.05, 4.69) is 27.4 Å². The SMILES string of the molecule is COc1ccc(Cc2noc(C3(C)CCNCC3)n2)cn1. The summed E-state index contributed by atoms with van der Waals surface area (Å²) in [5, 5.41) is 7.47. The summed E-state index contributed by atoms with van der Waals surface area (Å²) in [6.07, 6.45) is 4.45. The fourth-order valence-electron chi connectivity index (χ4n) is 2.58. The van der Waals surface area contributed by atoms with Crippen LogP contribution >= 0.6 is 0 Å². The normalized spacial score (nSPS) is 17.6. The maximum Gasteiger partial charge on any atom is 0.232 e. The second kappa shape index (κ2) is 5.81. The number of pyridine rings is 1. The number of piperidine rings is 1. The zero-order valence-corrected chi connectivity index (χ0v) is 12.4. The number of rotatable bonds is 4. The van der Waals surface area contributed by atoms with E-state index in [-0.39, 0.29) is 5.41 Å². The molecule has 2 aromatic heterocycles. The van der Waals surface area contributed by atoms with Gasteiger partial charge in [0.05, 0.1) is 7.11 Å². The van der Waals surface area contributed by atoms with Gasteiger partial charge in [0, 0.05) is 24.1 Å². The van der Waals surface area contributed by atoms with Crippen molar-refractivity contribution < 1.29 is 9.26 Å². The Hall–Kier alpha value is -1.95. The summed E-state index contributed by atoms with van der Waals surface area (Å²) in [7, 11) is 1.60. The molecule has 1 aliphatic heterocycles. The average Bonchev–Trinajstić information content (AvgIpc) is 2.98. The molecule has 1 fully saturated rings. The van der Waals surface area contributed by atoms with Gasteiger partial charge in [-0.15, -0.1) is 0 Å². The van der Waals surface area contributed by atoms with Crippen molar-refractivity contribution in [2.24, 2.45) is 0 Å². The third kappa shape index (κ3) is 3.05. The Balaban J connectivity index is 1.72. The maximum atomic E-state index is 5.49. The highest BCUT2D eigenvalue weighted by Crippen LogP contribution is 2.31. The molecule has 112 valence electrons. The van der Waals surface area contributed by atoms with E-state index in [1.165, 1.54) is 0 Å². The van der Waals surface area contributed by atoms with E-state index in [0.717, 1.165) is 37.4 Å². The summed E-state index contributed by atoms with van der Waals surface area (Å²) in [5.41, 5.74) is 1.04. The highest BCUT2D eigenvalue weighted by atomic mass is 16.5. The third-order valence-electron chi connectivity index (χ3n) is 4.06. The van der Waals surface area contributed by atoms with Gasteiger partial charge in [-0.1, -0.05) is 18.1 Å². The van der Waals surface area contributed by atoms with Gasteiger partial charge in [-0.05, 0) is 31.5 Å². The van der Waals surface area contributed by atoms with Crippen LogP contribution in [0.1, 0.15) is 37.0 Å². The molecule has 2 aromatic rings. The Bertz CT molecular complexity index is 588. The molecule has 6 nitrogen and oxygen atoms in total. The quantitative estimate of drug-likeness (QED) is 0.923. The van der Waals surface area contributed by atoms with E-state index in [9.17, 15) is 0 Å².